The number of allylic oxidation sites excluding steroid dienone is 1. The van der Waals surface area contributed by atoms with Crippen LogP contribution in [0, 0.1) is 0 Å². The smallest absolute Gasteiger partial charge is 0.327 e. The first kappa shape index (κ1) is 17.3. The Morgan fingerprint density at radius 3 is 2.89 bits per heavy atom. The highest BCUT2D eigenvalue weighted by atomic mass is 79.9. The third-order valence-corrected chi connectivity index (χ3v) is 4.84. The third kappa shape index (κ3) is 3.43. The van der Waals surface area contributed by atoms with Crippen LogP contribution in [0.25, 0.3) is 10.9 Å². The zero-order chi connectivity index (χ0) is 19.0. The van der Waals surface area contributed by atoms with E-state index in [0.717, 1.165) is 25.8 Å². The van der Waals surface area contributed by atoms with Crippen molar-refractivity contribution in [1.82, 2.24) is 20.4 Å². The van der Waals surface area contributed by atoms with Crippen molar-refractivity contribution in [3.05, 3.63) is 70.5 Å². The van der Waals surface area contributed by atoms with Crippen molar-refractivity contribution in [2.75, 3.05) is 5.32 Å². The Labute approximate surface area is 163 Å². The van der Waals surface area contributed by atoms with Crippen LogP contribution in [0.4, 0.5) is 15.3 Å². The van der Waals surface area contributed by atoms with Crippen molar-refractivity contribution in [3.8, 4) is 0 Å². The van der Waals surface area contributed by atoms with Gasteiger partial charge in [0.25, 0.3) is 0 Å². The second kappa shape index (κ2) is 6.88. The first-order valence-electron chi connectivity index (χ1n) is 8.30. The molecule has 1 aromatic heterocycles. The van der Waals surface area contributed by atoms with E-state index < -0.39 is 12.1 Å². The van der Waals surface area contributed by atoms with Gasteiger partial charge in [0.05, 0.1) is 17.8 Å². The molecule has 1 aliphatic rings. The van der Waals surface area contributed by atoms with Gasteiger partial charge in [-0.2, -0.15) is 5.10 Å². The number of halogens is 1. The van der Waals surface area contributed by atoms with Crippen LogP contribution in [0.15, 0.2) is 64.9 Å². The molecule has 4 rings (SSSR count). The van der Waals surface area contributed by atoms with Crippen LogP contribution < -0.4 is 10.6 Å². The van der Waals surface area contributed by atoms with Gasteiger partial charge in [-0.25, -0.2) is 14.5 Å². The fourth-order valence-corrected chi connectivity index (χ4v) is 3.46. The molecule has 8 heteroatoms. The molecule has 0 fully saturated rings. The number of benzene rings is 2. The maximum atomic E-state index is 12.6. The molecule has 0 saturated heterocycles. The number of anilines is 1. The Balaban J connectivity index is 1.55. The SMILES string of the molecule is CC1=CC(c2cccc(Br)c2)NC(=O)N1C(=O)Nc1ccc2[nH]ncc2c1. The molecule has 1 unspecified atom stereocenters. The number of hydrogen-bond acceptors (Lipinski definition) is 3. The van der Waals surface area contributed by atoms with Crippen LogP contribution in [0.1, 0.15) is 18.5 Å². The molecule has 7 nitrogen and oxygen atoms in total. The van der Waals surface area contributed by atoms with Gasteiger partial charge in [-0.3, -0.25) is 5.10 Å². The molecule has 1 atom stereocenters. The van der Waals surface area contributed by atoms with Crippen molar-refractivity contribution < 1.29 is 9.59 Å². The highest BCUT2D eigenvalue weighted by Crippen LogP contribution is 2.26. The van der Waals surface area contributed by atoms with Gasteiger partial charge in [-0.05, 0) is 48.9 Å². The molecule has 136 valence electrons. The summed E-state index contributed by atoms with van der Waals surface area (Å²) in [6, 6.07) is 11.8. The zero-order valence-corrected chi connectivity index (χ0v) is 15.9. The molecule has 3 aromatic rings. The molecular weight excluding hydrogens is 410 g/mol. The third-order valence-electron chi connectivity index (χ3n) is 4.34. The second-order valence-corrected chi connectivity index (χ2v) is 7.14. The van der Waals surface area contributed by atoms with E-state index in [1.165, 1.54) is 0 Å². The van der Waals surface area contributed by atoms with E-state index in [4.69, 9.17) is 0 Å². The Kier molecular flexibility index (Phi) is 4.41. The lowest BCUT2D eigenvalue weighted by Gasteiger charge is -2.30. The van der Waals surface area contributed by atoms with Crippen LogP contribution in [0.5, 0.6) is 0 Å². The van der Waals surface area contributed by atoms with E-state index in [1.807, 2.05) is 36.4 Å². The Hall–Kier alpha value is -3.13. The number of carbonyl (C=O) groups is 2. The molecule has 0 spiro atoms. The monoisotopic (exact) mass is 425 g/mol. The molecule has 0 saturated carbocycles. The highest BCUT2D eigenvalue weighted by Gasteiger charge is 2.30. The molecule has 1 aliphatic heterocycles. The minimum Gasteiger partial charge on any atom is -0.327 e. The Morgan fingerprint density at radius 2 is 2.11 bits per heavy atom. The van der Waals surface area contributed by atoms with Crippen LogP contribution in [-0.4, -0.2) is 27.2 Å². The zero-order valence-electron chi connectivity index (χ0n) is 14.4. The number of nitrogens with zero attached hydrogens (tertiary/aromatic N) is 2. The summed E-state index contributed by atoms with van der Waals surface area (Å²) < 4.78 is 0.926. The average Bonchev–Trinajstić information content (AvgIpc) is 3.09. The summed E-state index contributed by atoms with van der Waals surface area (Å²) in [6.07, 6.45) is 3.52. The summed E-state index contributed by atoms with van der Waals surface area (Å²) in [6.45, 7) is 1.74. The van der Waals surface area contributed by atoms with Crippen molar-refractivity contribution in [2.24, 2.45) is 0 Å². The number of imide groups is 1. The van der Waals surface area contributed by atoms with Gasteiger partial charge in [0, 0.05) is 21.2 Å². The fourth-order valence-electron chi connectivity index (χ4n) is 3.05. The van der Waals surface area contributed by atoms with Crippen LogP contribution in [0.3, 0.4) is 0 Å². The number of fused-ring (bicyclic) bond motifs is 1. The van der Waals surface area contributed by atoms with Gasteiger partial charge in [0.1, 0.15) is 0 Å². The molecule has 2 heterocycles. The van der Waals surface area contributed by atoms with E-state index in [0.29, 0.717) is 11.4 Å². The summed E-state index contributed by atoms with van der Waals surface area (Å²) >= 11 is 3.43. The Morgan fingerprint density at radius 1 is 1.26 bits per heavy atom. The number of carbonyl (C=O) groups excluding carboxylic acids is 2. The van der Waals surface area contributed by atoms with Crippen LogP contribution in [0.2, 0.25) is 0 Å². The second-order valence-electron chi connectivity index (χ2n) is 6.23. The number of amides is 4. The lowest BCUT2D eigenvalue weighted by atomic mass is 10.0. The van der Waals surface area contributed by atoms with Crippen molar-refractivity contribution in [3.63, 3.8) is 0 Å². The van der Waals surface area contributed by atoms with E-state index in [1.54, 1.807) is 25.3 Å². The molecule has 2 aromatic carbocycles. The quantitative estimate of drug-likeness (QED) is 0.563. The molecule has 4 amide bonds. The lowest BCUT2D eigenvalue weighted by Crippen LogP contribution is -2.48. The molecule has 3 N–H and O–H groups in total. The first-order chi connectivity index (χ1) is 13.0. The number of H-pyrrole nitrogens is 1. The van der Waals surface area contributed by atoms with Gasteiger partial charge in [-0.1, -0.05) is 28.1 Å². The van der Waals surface area contributed by atoms with E-state index in [2.05, 4.69) is 36.8 Å². The minimum absolute atomic E-state index is 0.290. The van der Waals surface area contributed by atoms with Gasteiger partial charge in [0.15, 0.2) is 0 Å². The summed E-state index contributed by atoms with van der Waals surface area (Å²) in [5, 5.41) is 13.3. The Bertz CT molecular complexity index is 1070. The summed E-state index contributed by atoms with van der Waals surface area (Å²) in [7, 11) is 0. The van der Waals surface area contributed by atoms with Gasteiger partial charge < -0.3 is 10.6 Å². The number of aromatic amines is 1. The van der Waals surface area contributed by atoms with E-state index in [-0.39, 0.29) is 6.04 Å². The maximum absolute atomic E-state index is 12.6. The highest BCUT2D eigenvalue weighted by molar-refractivity contribution is 9.10. The number of aromatic nitrogens is 2. The van der Waals surface area contributed by atoms with Crippen molar-refractivity contribution in [2.45, 2.75) is 13.0 Å². The van der Waals surface area contributed by atoms with Crippen molar-refractivity contribution in [1.29, 1.82) is 0 Å². The van der Waals surface area contributed by atoms with E-state index >= 15 is 0 Å². The van der Waals surface area contributed by atoms with Gasteiger partial charge in [-0.15, -0.1) is 0 Å². The largest absolute Gasteiger partial charge is 0.334 e. The average molecular weight is 426 g/mol. The number of urea groups is 2. The predicted molar refractivity (Wildman–Crippen MR) is 106 cm³/mol. The molecule has 0 bridgehead atoms. The number of hydrogen-bond donors (Lipinski definition) is 3. The summed E-state index contributed by atoms with van der Waals surface area (Å²) in [4.78, 5) is 26.3. The molecule has 0 radical (unpaired) electrons. The topological polar surface area (TPSA) is 90.1 Å². The molecular formula is C19H16BrN5O2. The standard InChI is InChI=1S/C19H16BrN5O2/c1-11-7-17(12-3-2-4-14(20)8-12)23-19(27)25(11)18(26)22-15-5-6-16-13(9-15)10-21-24-16/h2-10,17H,1H3,(H,21,24)(H,22,26)(H,23,27). The van der Waals surface area contributed by atoms with Gasteiger partial charge in [0.2, 0.25) is 0 Å². The summed E-state index contributed by atoms with van der Waals surface area (Å²) in [5.41, 5.74) is 2.95. The first-order valence-corrected chi connectivity index (χ1v) is 9.09. The summed E-state index contributed by atoms with van der Waals surface area (Å²) in [5.74, 6) is 0. The minimum atomic E-state index is -0.517. The predicted octanol–water partition coefficient (Wildman–Crippen LogP) is 4.53. The van der Waals surface area contributed by atoms with Gasteiger partial charge >= 0.3 is 12.1 Å². The van der Waals surface area contributed by atoms with Crippen LogP contribution in [-0.2, 0) is 0 Å². The fraction of sp³-hybridized carbons (Fsp3) is 0.105. The molecule has 27 heavy (non-hydrogen) atoms. The van der Waals surface area contributed by atoms with Crippen molar-refractivity contribution >= 4 is 44.6 Å². The molecule has 0 aliphatic carbocycles. The number of rotatable bonds is 2. The van der Waals surface area contributed by atoms with E-state index in [9.17, 15) is 9.59 Å². The normalized spacial score (nSPS) is 16.8. The van der Waals surface area contributed by atoms with Crippen LogP contribution >= 0.6 is 15.9 Å². The lowest BCUT2D eigenvalue weighted by molar-refractivity contribution is 0.199. The maximum Gasteiger partial charge on any atom is 0.334 e. The number of nitrogens with one attached hydrogen (secondary N) is 3.